The van der Waals surface area contributed by atoms with E-state index >= 15 is 0 Å². The molecule has 0 saturated heterocycles. The zero-order valence-electron chi connectivity index (χ0n) is 10.5. The molecule has 0 saturated carbocycles. The van der Waals surface area contributed by atoms with E-state index in [4.69, 9.17) is 5.26 Å². The molecular weight excluding hydrogens is 233 g/mol. The zero-order chi connectivity index (χ0) is 13.5. The number of benzene rings is 1. The van der Waals surface area contributed by atoms with Gasteiger partial charge in [0, 0.05) is 33.6 Å². The van der Waals surface area contributed by atoms with E-state index in [-0.39, 0.29) is 11.7 Å². The molecule has 0 aliphatic carbocycles. The molecule has 18 heavy (non-hydrogen) atoms. The topological polar surface area (TPSA) is 56.1 Å². The first-order chi connectivity index (χ1) is 8.54. The second-order valence-corrected chi connectivity index (χ2v) is 4.13. The fourth-order valence-electron chi connectivity index (χ4n) is 1.46. The minimum Gasteiger partial charge on any atom is -0.349 e. The number of nitriles is 1. The molecule has 0 heterocycles. The van der Waals surface area contributed by atoms with E-state index in [1.54, 1.807) is 14.1 Å². The number of hydrogen-bond acceptors (Lipinski definition) is 3. The van der Waals surface area contributed by atoms with E-state index in [0.717, 1.165) is 0 Å². The lowest BCUT2D eigenvalue weighted by Crippen LogP contribution is -2.26. The molecule has 1 rings (SSSR count). The SMILES string of the molecule is CN(C)C(=O)CCNCc1cc(F)ccc1C#N. The minimum atomic E-state index is -0.366. The van der Waals surface area contributed by atoms with Gasteiger partial charge in [0.1, 0.15) is 5.82 Å². The lowest BCUT2D eigenvalue weighted by molar-refractivity contribution is -0.128. The molecule has 5 heteroatoms. The van der Waals surface area contributed by atoms with Crippen LogP contribution in [0.3, 0.4) is 0 Å². The van der Waals surface area contributed by atoms with Crippen LogP contribution in [0.5, 0.6) is 0 Å². The Labute approximate surface area is 106 Å². The first-order valence-electron chi connectivity index (χ1n) is 5.64. The number of nitrogens with zero attached hydrogens (tertiary/aromatic N) is 2. The number of nitrogens with one attached hydrogen (secondary N) is 1. The molecule has 0 unspecified atom stereocenters. The quantitative estimate of drug-likeness (QED) is 0.799. The van der Waals surface area contributed by atoms with E-state index in [1.165, 1.54) is 23.1 Å². The Morgan fingerprint density at radius 3 is 2.83 bits per heavy atom. The van der Waals surface area contributed by atoms with E-state index in [9.17, 15) is 9.18 Å². The summed E-state index contributed by atoms with van der Waals surface area (Å²) in [5.41, 5.74) is 1.05. The van der Waals surface area contributed by atoms with Crippen molar-refractivity contribution in [2.75, 3.05) is 20.6 Å². The van der Waals surface area contributed by atoms with E-state index in [0.29, 0.717) is 30.6 Å². The molecular formula is C13H16FN3O. The van der Waals surface area contributed by atoms with Gasteiger partial charge in [0.05, 0.1) is 11.6 Å². The Bertz CT molecular complexity index is 466. The summed E-state index contributed by atoms with van der Waals surface area (Å²) in [5, 5.41) is 11.9. The molecule has 4 nitrogen and oxygen atoms in total. The first-order valence-corrected chi connectivity index (χ1v) is 5.64. The fraction of sp³-hybridized carbons (Fsp3) is 0.385. The Balaban J connectivity index is 2.47. The maximum absolute atomic E-state index is 13.0. The average Bonchev–Trinajstić information content (AvgIpc) is 2.34. The van der Waals surface area contributed by atoms with Gasteiger partial charge in [-0.25, -0.2) is 4.39 Å². The third-order valence-electron chi connectivity index (χ3n) is 2.52. The molecule has 1 N–H and O–H groups in total. The number of amides is 1. The molecule has 0 aliphatic rings. The summed E-state index contributed by atoms with van der Waals surface area (Å²) < 4.78 is 13.0. The van der Waals surface area contributed by atoms with Crippen LogP contribution in [0.25, 0.3) is 0 Å². The number of carbonyl (C=O) groups is 1. The predicted octanol–water partition coefficient (Wildman–Crippen LogP) is 1.27. The highest BCUT2D eigenvalue weighted by molar-refractivity contribution is 5.75. The molecule has 0 atom stereocenters. The molecule has 0 radical (unpaired) electrons. The molecule has 1 aromatic carbocycles. The Morgan fingerprint density at radius 1 is 1.50 bits per heavy atom. The molecule has 96 valence electrons. The standard InChI is InChI=1S/C13H16FN3O/c1-17(2)13(18)5-6-16-9-11-7-12(14)4-3-10(11)8-15/h3-4,7,16H,5-6,9H2,1-2H3. The highest BCUT2D eigenvalue weighted by atomic mass is 19.1. The van der Waals surface area contributed by atoms with Crippen LogP contribution in [0, 0.1) is 17.1 Å². The average molecular weight is 249 g/mol. The summed E-state index contributed by atoms with van der Waals surface area (Å²) in [6.45, 7) is 0.875. The van der Waals surface area contributed by atoms with Gasteiger partial charge >= 0.3 is 0 Å². The monoisotopic (exact) mass is 249 g/mol. The number of carbonyl (C=O) groups excluding carboxylic acids is 1. The van der Waals surface area contributed by atoms with Crippen molar-refractivity contribution in [3.05, 3.63) is 35.1 Å². The van der Waals surface area contributed by atoms with E-state index < -0.39 is 0 Å². The van der Waals surface area contributed by atoms with Crippen LogP contribution in [0.4, 0.5) is 4.39 Å². The van der Waals surface area contributed by atoms with Crippen molar-refractivity contribution in [1.82, 2.24) is 10.2 Å². The smallest absolute Gasteiger partial charge is 0.223 e. The molecule has 0 spiro atoms. The Morgan fingerprint density at radius 2 is 2.22 bits per heavy atom. The normalized spacial score (nSPS) is 9.89. The van der Waals surface area contributed by atoms with Crippen molar-refractivity contribution in [3.8, 4) is 6.07 Å². The maximum atomic E-state index is 13.0. The second kappa shape index (κ2) is 6.72. The summed E-state index contributed by atoms with van der Waals surface area (Å²) in [4.78, 5) is 12.8. The lowest BCUT2D eigenvalue weighted by Gasteiger charge is -2.11. The summed E-state index contributed by atoms with van der Waals surface area (Å²) >= 11 is 0. The van der Waals surface area contributed by atoms with E-state index in [2.05, 4.69) is 5.32 Å². The van der Waals surface area contributed by atoms with E-state index in [1.807, 2.05) is 6.07 Å². The van der Waals surface area contributed by atoms with Gasteiger partial charge in [0.2, 0.25) is 5.91 Å². The van der Waals surface area contributed by atoms with Crippen LogP contribution >= 0.6 is 0 Å². The van der Waals surface area contributed by atoms with Crippen LogP contribution in [-0.2, 0) is 11.3 Å². The van der Waals surface area contributed by atoms with Crippen LogP contribution in [0.2, 0.25) is 0 Å². The minimum absolute atomic E-state index is 0.0299. The summed E-state index contributed by atoms with van der Waals surface area (Å²) in [6, 6.07) is 6.06. The third kappa shape index (κ3) is 4.15. The van der Waals surface area contributed by atoms with Crippen molar-refractivity contribution in [1.29, 1.82) is 5.26 Å². The van der Waals surface area contributed by atoms with Gasteiger partial charge < -0.3 is 10.2 Å². The third-order valence-corrected chi connectivity index (χ3v) is 2.52. The molecule has 1 amide bonds. The number of halogens is 1. The van der Waals surface area contributed by atoms with Crippen molar-refractivity contribution in [2.24, 2.45) is 0 Å². The van der Waals surface area contributed by atoms with Gasteiger partial charge in [-0.2, -0.15) is 5.26 Å². The molecule has 0 fully saturated rings. The molecule has 1 aromatic rings. The zero-order valence-corrected chi connectivity index (χ0v) is 10.5. The first kappa shape index (κ1) is 14.1. The van der Waals surface area contributed by atoms with Gasteiger partial charge in [0.15, 0.2) is 0 Å². The molecule has 0 aromatic heterocycles. The van der Waals surface area contributed by atoms with Crippen molar-refractivity contribution < 1.29 is 9.18 Å². The van der Waals surface area contributed by atoms with Gasteiger partial charge in [-0.15, -0.1) is 0 Å². The summed E-state index contributed by atoms with van der Waals surface area (Å²) in [6.07, 6.45) is 0.379. The highest BCUT2D eigenvalue weighted by Gasteiger charge is 2.05. The van der Waals surface area contributed by atoms with Crippen molar-refractivity contribution in [3.63, 3.8) is 0 Å². The van der Waals surface area contributed by atoms with Crippen LogP contribution < -0.4 is 5.32 Å². The Hall–Kier alpha value is -1.93. The fourth-order valence-corrected chi connectivity index (χ4v) is 1.46. The van der Waals surface area contributed by atoms with Crippen molar-refractivity contribution >= 4 is 5.91 Å². The predicted molar refractivity (Wildman–Crippen MR) is 66.1 cm³/mol. The van der Waals surface area contributed by atoms with Crippen molar-refractivity contribution in [2.45, 2.75) is 13.0 Å². The summed E-state index contributed by atoms with van der Waals surface area (Å²) in [5.74, 6) is -0.336. The van der Waals surface area contributed by atoms with Crippen LogP contribution in [0.15, 0.2) is 18.2 Å². The Kier molecular flexibility index (Phi) is 5.28. The number of rotatable bonds is 5. The lowest BCUT2D eigenvalue weighted by atomic mass is 10.1. The second-order valence-electron chi connectivity index (χ2n) is 4.13. The largest absolute Gasteiger partial charge is 0.349 e. The highest BCUT2D eigenvalue weighted by Crippen LogP contribution is 2.10. The maximum Gasteiger partial charge on any atom is 0.223 e. The molecule has 0 aliphatic heterocycles. The number of hydrogen-bond donors (Lipinski definition) is 1. The van der Waals surface area contributed by atoms with Gasteiger partial charge in [-0.3, -0.25) is 4.79 Å². The van der Waals surface area contributed by atoms with Crippen LogP contribution in [0.1, 0.15) is 17.5 Å². The van der Waals surface area contributed by atoms with Gasteiger partial charge in [-0.1, -0.05) is 0 Å². The molecule has 0 bridgehead atoms. The van der Waals surface area contributed by atoms with Crippen LogP contribution in [-0.4, -0.2) is 31.4 Å². The van der Waals surface area contributed by atoms with Gasteiger partial charge in [0.25, 0.3) is 0 Å². The summed E-state index contributed by atoms with van der Waals surface area (Å²) in [7, 11) is 3.39. The van der Waals surface area contributed by atoms with Gasteiger partial charge in [-0.05, 0) is 23.8 Å².